The summed E-state index contributed by atoms with van der Waals surface area (Å²) in [5.41, 5.74) is 4.37. The average molecular weight is 358 g/mol. The fourth-order valence-corrected chi connectivity index (χ4v) is 3.84. The number of nitrogens with zero attached hydrogens (tertiary/aromatic N) is 5. The lowest BCUT2D eigenvalue weighted by Gasteiger charge is -2.22. The Balaban J connectivity index is 1.67. The third-order valence-corrected chi connectivity index (χ3v) is 5.13. The molecule has 0 radical (unpaired) electrons. The van der Waals surface area contributed by atoms with Gasteiger partial charge in [-0.25, -0.2) is 0 Å². The van der Waals surface area contributed by atoms with Gasteiger partial charge in [0.15, 0.2) is 0 Å². The van der Waals surface area contributed by atoms with E-state index in [1.165, 1.54) is 11.3 Å². The fraction of sp³-hybridized carbons (Fsp3) is 0.389. The summed E-state index contributed by atoms with van der Waals surface area (Å²) in [6, 6.07) is 8.26. The van der Waals surface area contributed by atoms with E-state index in [2.05, 4.69) is 34.0 Å². The maximum atomic E-state index is 6.06. The van der Waals surface area contributed by atoms with E-state index in [0.29, 0.717) is 16.9 Å². The maximum absolute atomic E-state index is 6.06. The number of aromatic nitrogens is 4. The monoisotopic (exact) mass is 357 g/mol. The van der Waals surface area contributed by atoms with Crippen molar-refractivity contribution in [2.24, 2.45) is 7.05 Å². The van der Waals surface area contributed by atoms with Crippen LogP contribution in [0.3, 0.4) is 0 Å². The van der Waals surface area contributed by atoms with Gasteiger partial charge in [-0.15, -0.1) is 0 Å². The van der Waals surface area contributed by atoms with Crippen LogP contribution in [0.2, 0.25) is 5.02 Å². The number of anilines is 1. The first-order valence-electron chi connectivity index (χ1n) is 8.41. The summed E-state index contributed by atoms with van der Waals surface area (Å²) in [5.74, 6) is 0.558. The molecule has 1 aliphatic rings. The number of halogens is 1. The molecule has 0 aliphatic carbocycles. The lowest BCUT2D eigenvalue weighted by Crippen LogP contribution is -2.23. The molecule has 1 atom stereocenters. The second kappa shape index (κ2) is 6.19. The van der Waals surface area contributed by atoms with Gasteiger partial charge in [-0.3, -0.25) is 4.68 Å². The Kier molecular flexibility index (Phi) is 4.00. The summed E-state index contributed by atoms with van der Waals surface area (Å²) in [6.45, 7) is 5.07. The first kappa shape index (κ1) is 16.1. The average Bonchev–Trinajstić information content (AvgIpc) is 3.27. The van der Waals surface area contributed by atoms with Crippen LogP contribution in [0.4, 0.5) is 6.01 Å². The minimum absolute atomic E-state index is 0.223. The molecule has 25 heavy (non-hydrogen) atoms. The SMILES string of the molecule is Cc1nn(C)c(C)c1C1CCCN1c1nc(-c2cccc(Cl)c2)no1. The summed E-state index contributed by atoms with van der Waals surface area (Å²) in [6.07, 6.45) is 2.15. The molecule has 2 aromatic heterocycles. The minimum Gasteiger partial charge on any atom is -0.317 e. The van der Waals surface area contributed by atoms with Crippen LogP contribution in [-0.2, 0) is 7.05 Å². The molecular formula is C18H20ClN5O. The molecule has 3 heterocycles. The molecule has 1 aromatic carbocycles. The van der Waals surface area contributed by atoms with Crippen molar-refractivity contribution in [1.29, 1.82) is 0 Å². The van der Waals surface area contributed by atoms with Crippen LogP contribution in [0.1, 0.15) is 35.8 Å². The molecule has 1 unspecified atom stereocenters. The van der Waals surface area contributed by atoms with Crippen LogP contribution in [0, 0.1) is 13.8 Å². The highest BCUT2D eigenvalue weighted by molar-refractivity contribution is 6.30. The van der Waals surface area contributed by atoms with Crippen molar-refractivity contribution in [2.75, 3.05) is 11.4 Å². The summed E-state index contributed by atoms with van der Waals surface area (Å²) in [5, 5.41) is 9.35. The number of benzene rings is 1. The van der Waals surface area contributed by atoms with Gasteiger partial charge < -0.3 is 9.42 Å². The largest absolute Gasteiger partial charge is 0.324 e. The smallest absolute Gasteiger partial charge is 0.317 e. The molecule has 1 aliphatic heterocycles. The van der Waals surface area contributed by atoms with Crippen LogP contribution in [-0.4, -0.2) is 26.5 Å². The molecule has 0 bridgehead atoms. The molecule has 7 heteroatoms. The normalized spacial score (nSPS) is 17.4. The molecule has 4 rings (SSSR count). The molecular weight excluding hydrogens is 338 g/mol. The highest BCUT2D eigenvalue weighted by atomic mass is 35.5. The quantitative estimate of drug-likeness (QED) is 0.706. The van der Waals surface area contributed by atoms with Gasteiger partial charge in [0.2, 0.25) is 5.82 Å². The lowest BCUT2D eigenvalue weighted by molar-refractivity contribution is 0.411. The van der Waals surface area contributed by atoms with Gasteiger partial charge >= 0.3 is 6.01 Å². The minimum atomic E-state index is 0.223. The highest BCUT2D eigenvalue weighted by Gasteiger charge is 2.33. The Bertz CT molecular complexity index is 916. The first-order chi connectivity index (χ1) is 12.0. The van der Waals surface area contributed by atoms with Crippen LogP contribution < -0.4 is 4.90 Å². The van der Waals surface area contributed by atoms with Crippen molar-refractivity contribution >= 4 is 17.6 Å². The van der Waals surface area contributed by atoms with Gasteiger partial charge in [0.1, 0.15) is 0 Å². The van der Waals surface area contributed by atoms with Crippen LogP contribution in [0.25, 0.3) is 11.4 Å². The Morgan fingerprint density at radius 2 is 2.12 bits per heavy atom. The molecule has 0 spiro atoms. The van der Waals surface area contributed by atoms with Gasteiger partial charge in [-0.1, -0.05) is 28.9 Å². The predicted octanol–water partition coefficient (Wildman–Crippen LogP) is 4.08. The van der Waals surface area contributed by atoms with Gasteiger partial charge in [0.25, 0.3) is 0 Å². The summed E-state index contributed by atoms with van der Waals surface area (Å²) in [4.78, 5) is 6.80. The van der Waals surface area contributed by atoms with Crippen molar-refractivity contribution < 1.29 is 4.52 Å². The molecule has 1 saturated heterocycles. The zero-order valence-electron chi connectivity index (χ0n) is 14.5. The van der Waals surface area contributed by atoms with Gasteiger partial charge in [-0.2, -0.15) is 10.1 Å². The Morgan fingerprint density at radius 1 is 1.28 bits per heavy atom. The number of hydrogen-bond acceptors (Lipinski definition) is 5. The number of aryl methyl sites for hydroxylation is 2. The zero-order chi connectivity index (χ0) is 17.6. The van der Waals surface area contributed by atoms with Crippen molar-refractivity contribution in [3.63, 3.8) is 0 Å². The Morgan fingerprint density at radius 3 is 2.84 bits per heavy atom. The molecule has 0 N–H and O–H groups in total. The Hall–Kier alpha value is -2.34. The molecule has 0 saturated carbocycles. The Labute approximate surface area is 151 Å². The zero-order valence-corrected chi connectivity index (χ0v) is 15.3. The molecule has 0 amide bonds. The molecule has 3 aromatic rings. The van der Waals surface area contributed by atoms with Crippen molar-refractivity contribution in [1.82, 2.24) is 19.9 Å². The first-order valence-corrected chi connectivity index (χ1v) is 8.79. The molecule has 130 valence electrons. The fourth-order valence-electron chi connectivity index (χ4n) is 3.64. The van der Waals surface area contributed by atoms with E-state index in [9.17, 15) is 0 Å². The number of rotatable bonds is 3. The van der Waals surface area contributed by atoms with E-state index in [-0.39, 0.29) is 6.04 Å². The van der Waals surface area contributed by atoms with E-state index in [0.717, 1.165) is 30.6 Å². The topological polar surface area (TPSA) is 60.0 Å². The third-order valence-electron chi connectivity index (χ3n) is 4.89. The van der Waals surface area contributed by atoms with Crippen molar-refractivity contribution in [3.8, 4) is 11.4 Å². The second-order valence-corrected chi connectivity index (χ2v) is 6.91. The third kappa shape index (κ3) is 2.80. The predicted molar refractivity (Wildman–Crippen MR) is 96.7 cm³/mol. The van der Waals surface area contributed by atoms with Crippen LogP contribution in [0.5, 0.6) is 0 Å². The van der Waals surface area contributed by atoms with Crippen LogP contribution >= 0.6 is 11.6 Å². The van der Waals surface area contributed by atoms with Gasteiger partial charge in [0.05, 0.1) is 11.7 Å². The van der Waals surface area contributed by atoms with E-state index in [1.54, 1.807) is 0 Å². The molecule has 1 fully saturated rings. The summed E-state index contributed by atoms with van der Waals surface area (Å²) in [7, 11) is 1.98. The number of hydrogen-bond donors (Lipinski definition) is 0. The summed E-state index contributed by atoms with van der Waals surface area (Å²) >= 11 is 6.06. The standard InChI is InChI=1S/C18H20ClN5O/c1-11-16(12(2)23(3)21-11)15-8-5-9-24(15)18-20-17(22-25-18)13-6-4-7-14(19)10-13/h4,6-7,10,15H,5,8-9H2,1-3H3. The lowest BCUT2D eigenvalue weighted by atomic mass is 10.0. The van der Waals surface area contributed by atoms with E-state index < -0.39 is 0 Å². The maximum Gasteiger partial charge on any atom is 0.324 e. The van der Waals surface area contributed by atoms with Crippen molar-refractivity contribution in [3.05, 3.63) is 46.2 Å². The van der Waals surface area contributed by atoms with E-state index >= 15 is 0 Å². The van der Waals surface area contributed by atoms with Crippen LogP contribution in [0.15, 0.2) is 28.8 Å². The second-order valence-electron chi connectivity index (χ2n) is 6.47. The van der Waals surface area contributed by atoms with Gasteiger partial charge in [0, 0.05) is 35.4 Å². The summed E-state index contributed by atoms with van der Waals surface area (Å²) < 4.78 is 7.51. The van der Waals surface area contributed by atoms with Gasteiger partial charge in [-0.05, 0) is 38.8 Å². The van der Waals surface area contributed by atoms with E-state index in [4.69, 9.17) is 16.1 Å². The highest BCUT2D eigenvalue weighted by Crippen LogP contribution is 2.38. The van der Waals surface area contributed by atoms with E-state index in [1.807, 2.05) is 36.0 Å². The molecule has 6 nitrogen and oxygen atoms in total. The van der Waals surface area contributed by atoms with Crippen molar-refractivity contribution in [2.45, 2.75) is 32.7 Å².